The third-order valence-corrected chi connectivity index (χ3v) is 2.30. The molecule has 0 saturated carbocycles. The molecule has 0 bridgehead atoms. The molecule has 0 unspecified atom stereocenters. The molecule has 4 nitrogen and oxygen atoms in total. The van der Waals surface area contributed by atoms with Gasteiger partial charge in [-0.15, -0.1) is 5.10 Å². The van der Waals surface area contributed by atoms with Crippen LogP contribution in [-0.4, -0.2) is 20.2 Å². The Morgan fingerprint density at radius 3 is 2.80 bits per heavy atom. The van der Waals surface area contributed by atoms with Crippen LogP contribution in [0.4, 0.5) is 0 Å². The number of hydrogen-bond acceptors (Lipinski definition) is 3. The van der Waals surface area contributed by atoms with Crippen molar-refractivity contribution in [2.45, 2.75) is 0 Å². The fourth-order valence-electron chi connectivity index (χ4n) is 1.59. The average Bonchev–Trinajstić information content (AvgIpc) is 2.74. The molecule has 1 N–H and O–H groups in total. The standard InChI is InChI=1S/C11H8N4/c1-2-4-9-8(3-1)5-10(15-9)11-6-13-14-7-12-11/h1-7,15H. The zero-order chi connectivity index (χ0) is 10.1. The van der Waals surface area contributed by atoms with Crippen molar-refractivity contribution in [3.63, 3.8) is 0 Å². The maximum Gasteiger partial charge on any atom is 0.138 e. The van der Waals surface area contributed by atoms with E-state index in [2.05, 4.69) is 32.3 Å². The van der Waals surface area contributed by atoms with Crippen molar-refractivity contribution in [2.75, 3.05) is 0 Å². The van der Waals surface area contributed by atoms with Gasteiger partial charge in [-0.1, -0.05) is 18.2 Å². The van der Waals surface area contributed by atoms with E-state index in [1.54, 1.807) is 6.20 Å². The number of benzene rings is 1. The molecule has 0 amide bonds. The van der Waals surface area contributed by atoms with Crippen LogP contribution in [0.1, 0.15) is 0 Å². The summed E-state index contributed by atoms with van der Waals surface area (Å²) in [6.45, 7) is 0. The third kappa shape index (κ3) is 1.36. The average molecular weight is 196 g/mol. The molecule has 0 atom stereocenters. The van der Waals surface area contributed by atoms with Crippen molar-refractivity contribution in [1.29, 1.82) is 0 Å². The lowest BCUT2D eigenvalue weighted by Gasteiger charge is -1.92. The second-order valence-electron chi connectivity index (χ2n) is 3.26. The van der Waals surface area contributed by atoms with E-state index in [4.69, 9.17) is 0 Å². The number of para-hydroxylation sites is 1. The van der Waals surface area contributed by atoms with Crippen LogP contribution >= 0.6 is 0 Å². The maximum absolute atomic E-state index is 4.14. The molecule has 3 rings (SSSR count). The molecule has 0 spiro atoms. The van der Waals surface area contributed by atoms with Gasteiger partial charge in [0.15, 0.2) is 0 Å². The van der Waals surface area contributed by atoms with Crippen LogP contribution in [0.3, 0.4) is 0 Å². The van der Waals surface area contributed by atoms with Crippen LogP contribution in [0, 0.1) is 0 Å². The molecule has 3 aromatic rings. The molecule has 2 aromatic heterocycles. The molecule has 0 fully saturated rings. The lowest BCUT2D eigenvalue weighted by molar-refractivity contribution is 0.971. The van der Waals surface area contributed by atoms with Crippen molar-refractivity contribution < 1.29 is 0 Å². The van der Waals surface area contributed by atoms with Crippen molar-refractivity contribution in [2.24, 2.45) is 0 Å². The molecule has 0 aliphatic rings. The van der Waals surface area contributed by atoms with Crippen LogP contribution in [0.2, 0.25) is 0 Å². The van der Waals surface area contributed by atoms with E-state index in [0.717, 1.165) is 16.9 Å². The van der Waals surface area contributed by atoms with Gasteiger partial charge in [-0.2, -0.15) is 5.10 Å². The van der Waals surface area contributed by atoms with Gasteiger partial charge in [0.25, 0.3) is 0 Å². The van der Waals surface area contributed by atoms with Crippen LogP contribution in [0.15, 0.2) is 42.9 Å². The fourth-order valence-corrected chi connectivity index (χ4v) is 1.59. The van der Waals surface area contributed by atoms with E-state index in [1.165, 1.54) is 11.7 Å². The van der Waals surface area contributed by atoms with E-state index < -0.39 is 0 Å². The highest BCUT2D eigenvalue weighted by Gasteiger charge is 2.03. The second-order valence-corrected chi connectivity index (χ2v) is 3.26. The Balaban J connectivity index is 2.21. The Bertz CT molecular complexity index is 553. The van der Waals surface area contributed by atoms with Crippen LogP contribution in [0.25, 0.3) is 22.3 Å². The Labute approximate surface area is 86.0 Å². The summed E-state index contributed by atoms with van der Waals surface area (Å²) < 4.78 is 0. The van der Waals surface area contributed by atoms with E-state index in [1.807, 2.05) is 18.2 Å². The summed E-state index contributed by atoms with van der Waals surface area (Å²) in [5.41, 5.74) is 2.87. The number of aromatic amines is 1. The van der Waals surface area contributed by atoms with Gasteiger partial charge < -0.3 is 4.98 Å². The van der Waals surface area contributed by atoms with E-state index in [-0.39, 0.29) is 0 Å². The van der Waals surface area contributed by atoms with Crippen molar-refractivity contribution in [1.82, 2.24) is 20.2 Å². The molecule has 4 heteroatoms. The summed E-state index contributed by atoms with van der Waals surface area (Å²) in [7, 11) is 0. The molecule has 1 aromatic carbocycles. The van der Waals surface area contributed by atoms with E-state index >= 15 is 0 Å². The summed E-state index contributed by atoms with van der Waals surface area (Å²) in [5, 5.41) is 8.62. The number of fused-ring (bicyclic) bond motifs is 1. The molecule has 72 valence electrons. The van der Waals surface area contributed by atoms with Gasteiger partial charge in [0, 0.05) is 10.9 Å². The fraction of sp³-hybridized carbons (Fsp3) is 0. The highest BCUT2D eigenvalue weighted by molar-refractivity contribution is 5.84. The topological polar surface area (TPSA) is 54.5 Å². The molecule has 0 aliphatic heterocycles. The smallest absolute Gasteiger partial charge is 0.138 e. The zero-order valence-corrected chi connectivity index (χ0v) is 7.88. The van der Waals surface area contributed by atoms with Crippen molar-refractivity contribution >= 4 is 10.9 Å². The van der Waals surface area contributed by atoms with E-state index in [0.29, 0.717) is 0 Å². The van der Waals surface area contributed by atoms with Gasteiger partial charge in [0.05, 0.1) is 11.9 Å². The number of aromatic nitrogens is 4. The third-order valence-electron chi connectivity index (χ3n) is 2.30. The number of nitrogens with zero attached hydrogens (tertiary/aromatic N) is 3. The molecule has 2 heterocycles. The predicted octanol–water partition coefficient (Wildman–Crippen LogP) is 2.02. The lowest BCUT2D eigenvalue weighted by atomic mass is 10.2. The largest absolute Gasteiger partial charge is 0.353 e. The Kier molecular flexibility index (Phi) is 1.71. The first-order chi connectivity index (χ1) is 7.43. The van der Waals surface area contributed by atoms with Crippen molar-refractivity contribution in [3.8, 4) is 11.4 Å². The minimum absolute atomic E-state index is 0.807. The first-order valence-electron chi connectivity index (χ1n) is 4.64. The molecule has 0 saturated heterocycles. The predicted molar refractivity (Wildman–Crippen MR) is 57.1 cm³/mol. The Morgan fingerprint density at radius 2 is 2.00 bits per heavy atom. The summed E-state index contributed by atoms with van der Waals surface area (Å²) in [5.74, 6) is 0. The van der Waals surface area contributed by atoms with Gasteiger partial charge in [0.1, 0.15) is 12.0 Å². The first-order valence-corrected chi connectivity index (χ1v) is 4.64. The van der Waals surface area contributed by atoms with Gasteiger partial charge in [0.2, 0.25) is 0 Å². The maximum atomic E-state index is 4.14. The minimum Gasteiger partial charge on any atom is -0.353 e. The van der Waals surface area contributed by atoms with Crippen LogP contribution in [0.5, 0.6) is 0 Å². The van der Waals surface area contributed by atoms with Gasteiger partial charge >= 0.3 is 0 Å². The van der Waals surface area contributed by atoms with Crippen LogP contribution in [-0.2, 0) is 0 Å². The van der Waals surface area contributed by atoms with Gasteiger partial charge in [-0.25, -0.2) is 4.98 Å². The molecule has 0 radical (unpaired) electrons. The quantitative estimate of drug-likeness (QED) is 0.647. The molecule has 15 heavy (non-hydrogen) atoms. The first kappa shape index (κ1) is 8.11. The number of H-pyrrole nitrogens is 1. The number of hydrogen-bond donors (Lipinski definition) is 1. The van der Waals surface area contributed by atoms with Gasteiger partial charge in [-0.05, 0) is 12.1 Å². The molecule has 0 aliphatic carbocycles. The SMILES string of the molecule is c1ccc2[nH]c(-c3cnncn3)cc2c1. The summed E-state index contributed by atoms with van der Waals surface area (Å²) in [4.78, 5) is 7.42. The van der Waals surface area contributed by atoms with Crippen molar-refractivity contribution in [3.05, 3.63) is 42.9 Å². The monoisotopic (exact) mass is 196 g/mol. The summed E-state index contributed by atoms with van der Waals surface area (Å²) in [6, 6.07) is 10.2. The normalized spacial score (nSPS) is 10.7. The minimum atomic E-state index is 0.807. The highest BCUT2D eigenvalue weighted by atomic mass is 15.1. The summed E-state index contributed by atoms with van der Waals surface area (Å²) in [6.07, 6.45) is 3.09. The Morgan fingerprint density at radius 1 is 1.07 bits per heavy atom. The summed E-state index contributed by atoms with van der Waals surface area (Å²) >= 11 is 0. The van der Waals surface area contributed by atoms with Crippen LogP contribution < -0.4 is 0 Å². The number of rotatable bonds is 1. The number of nitrogens with one attached hydrogen (secondary N) is 1. The molecular weight excluding hydrogens is 188 g/mol. The lowest BCUT2D eigenvalue weighted by Crippen LogP contribution is -1.86. The Hall–Kier alpha value is -2.23. The highest BCUT2D eigenvalue weighted by Crippen LogP contribution is 2.21. The molecular formula is C11H8N4. The zero-order valence-electron chi connectivity index (χ0n) is 7.88. The second kappa shape index (κ2) is 3.16. The van der Waals surface area contributed by atoms with Gasteiger partial charge in [-0.3, -0.25) is 0 Å². The van der Waals surface area contributed by atoms with E-state index in [9.17, 15) is 0 Å².